The van der Waals surface area contributed by atoms with Crippen LogP contribution in [0.4, 0.5) is 0 Å². The van der Waals surface area contributed by atoms with Gasteiger partial charge in [0.15, 0.2) is 0 Å². The van der Waals surface area contributed by atoms with Crippen LogP contribution >= 0.6 is 0 Å². The summed E-state index contributed by atoms with van der Waals surface area (Å²) < 4.78 is 5.19. The SMILES string of the molecule is CC(C)N(C)CC(=O)N1CCOCC1.CO. The van der Waals surface area contributed by atoms with Crippen LogP contribution in [-0.4, -0.2) is 73.9 Å². The molecule has 1 amide bonds. The first-order valence-electron chi connectivity index (χ1n) is 5.61. The molecule has 1 aliphatic heterocycles. The number of morpholine rings is 1. The molecule has 96 valence electrons. The Morgan fingerprint density at radius 3 is 2.31 bits per heavy atom. The highest BCUT2D eigenvalue weighted by Gasteiger charge is 2.18. The van der Waals surface area contributed by atoms with Crippen LogP contribution in [0, 0.1) is 0 Å². The molecule has 5 heteroatoms. The Labute approximate surface area is 98.0 Å². The lowest BCUT2D eigenvalue weighted by Crippen LogP contribution is -2.46. The van der Waals surface area contributed by atoms with E-state index in [-0.39, 0.29) is 5.91 Å². The topological polar surface area (TPSA) is 53.0 Å². The van der Waals surface area contributed by atoms with Crippen molar-refractivity contribution in [3.05, 3.63) is 0 Å². The smallest absolute Gasteiger partial charge is 0.236 e. The van der Waals surface area contributed by atoms with Gasteiger partial charge in [0, 0.05) is 26.2 Å². The van der Waals surface area contributed by atoms with E-state index in [4.69, 9.17) is 9.84 Å². The lowest BCUT2D eigenvalue weighted by molar-refractivity contribution is -0.136. The van der Waals surface area contributed by atoms with Crippen molar-refractivity contribution < 1.29 is 14.6 Å². The Hall–Kier alpha value is -0.650. The quantitative estimate of drug-likeness (QED) is 0.732. The zero-order valence-corrected chi connectivity index (χ0v) is 10.8. The number of amides is 1. The first kappa shape index (κ1) is 15.3. The molecule has 0 atom stereocenters. The van der Waals surface area contributed by atoms with Crippen LogP contribution in [0.5, 0.6) is 0 Å². The predicted octanol–water partition coefficient (Wildman–Crippen LogP) is -0.206. The fourth-order valence-corrected chi connectivity index (χ4v) is 1.31. The Kier molecular flexibility index (Phi) is 8.15. The molecule has 0 aromatic rings. The number of carbonyl (C=O) groups excluding carboxylic acids is 1. The minimum atomic E-state index is 0.213. The molecule has 0 bridgehead atoms. The van der Waals surface area contributed by atoms with Crippen molar-refractivity contribution in [3.63, 3.8) is 0 Å². The molecule has 0 aliphatic carbocycles. The van der Waals surface area contributed by atoms with Crippen LogP contribution < -0.4 is 0 Å². The van der Waals surface area contributed by atoms with Crippen molar-refractivity contribution in [1.82, 2.24) is 9.80 Å². The summed E-state index contributed by atoms with van der Waals surface area (Å²) in [6.07, 6.45) is 0. The van der Waals surface area contributed by atoms with E-state index in [1.807, 2.05) is 11.9 Å². The third kappa shape index (κ3) is 5.44. The van der Waals surface area contributed by atoms with Gasteiger partial charge < -0.3 is 14.7 Å². The molecule has 0 aromatic heterocycles. The third-order valence-corrected chi connectivity index (χ3v) is 2.63. The van der Waals surface area contributed by atoms with Crippen LogP contribution in [0.1, 0.15) is 13.8 Å². The average Bonchev–Trinajstić information content (AvgIpc) is 2.32. The van der Waals surface area contributed by atoms with Crippen LogP contribution in [0.2, 0.25) is 0 Å². The summed E-state index contributed by atoms with van der Waals surface area (Å²) in [6, 6.07) is 0.417. The molecule has 0 saturated carbocycles. The molecule has 0 unspecified atom stereocenters. The Balaban J connectivity index is 0.00000106. The molecule has 1 heterocycles. The molecule has 1 aliphatic rings. The number of aliphatic hydroxyl groups is 1. The summed E-state index contributed by atoms with van der Waals surface area (Å²) >= 11 is 0. The van der Waals surface area contributed by atoms with Gasteiger partial charge in [0.25, 0.3) is 0 Å². The van der Waals surface area contributed by atoms with Gasteiger partial charge in [0.2, 0.25) is 5.91 Å². The standard InChI is InChI=1S/C10H20N2O2.CH4O/c1-9(2)11(3)8-10(13)12-4-6-14-7-5-12;1-2/h9H,4-8H2,1-3H3;2H,1H3. The lowest BCUT2D eigenvalue weighted by Gasteiger charge is -2.29. The monoisotopic (exact) mass is 232 g/mol. The van der Waals surface area contributed by atoms with Crippen molar-refractivity contribution in [3.8, 4) is 0 Å². The maximum Gasteiger partial charge on any atom is 0.236 e. The van der Waals surface area contributed by atoms with E-state index < -0.39 is 0 Å². The largest absolute Gasteiger partial charge is 0.400 e. The van der Waals surface area contributed by atoms with E-state index in [2.05, 4.69) is 18.7 Å². The second kappa shape index (κ2) is 8.50. The number of carbonyl (C=O) groups is 1. The highest BCUT2D eigenvalue weighted by Crippen LogP contribution is 2.00. The number of nitrogens with zero attached hydrogens (tertiary/aromatic N) is 2. The molecule has 5 nitrogen and oxygen atoms in total. The first-order chi connectivity index (χ1) is 7.61. The van der Waals surface area contributed by atoms with E-state index in [0.717, 1.165) is 20.2 Å². The second-order valence-corrected chi connectivity index (χ2v) is 4.00. The fourth-order valence-electron chi connectivity index (χ4n) is 1.31. The number of hydrogen-bond donors (Lipinski definition) is 1. The van der Waals surface area contributed by atoms with Crippen LogP contribution in [0.15, 0.2) is 0 Å². The molecule has 1 fully saturated rings. The van der Waals surface area contributed by atoms with E-state index in [1.54, 1.807) is 0 Å². The van der Waals surface area contributed by atoms with E-state index in [0.29, 0.717) is 25.8 Å². The number of aliphatic hydroxyl groups excluding tert-OH is 1. The minimum absolute atomic E-state index is 0.213. The average molecular weight is 232 g/mol. The molecule has 16 heavy (non-hydrogen) atoms. The molecular weight excluding hydrogens is 208 g/mol. The van der Waals surface area contributed by atoms with E-state index in [9.17, 15) is 4.79 Å². The van der Waals surface area contributed by atoms with Crippen LogP contribution in [-0.2, 0) is 9.53 Å². The van der Waals surface area contributed by atoms with Crippen molar-refractivity contribution in [2.75, 3.05) is 47.0 Å². The zero-order chi connectivity index (χ0) is 12.6. The van der Waals surface area contributed by atoms with Crippen molar-refractivity contribution in [2.45, 2.75) is 19.9 Å². The summed E-state index contributed by atoms with van der Waals surface area (Å²) in [5.41, 5.74) is 0. The summed E-state index contributed by atoms with van der Waals surface area (Å²) in [4.78, 5) is 15.7. The molecule has 0 aromatic carbocycles. The maximum absolute atomic E-state index is 11.7. The van der Waals surface area contributed by atoms with Crippen LogP contribution in [0.25, 0.3) is 0 Å². The zero-order valence-electron chi connectivity index (χ0n) is 10.8. The van der Waals surface area contributed by atoms with Gasteiger partial charge in [-0.05, 0) is 20.9 Å². The molecule has 0 spiro atoms. The highest BCUT2D eigenvalue weighted by atomic mass is 16.5. The molecule has 1 saturated heterocycles. The summed E-state index contributed by atoms with van der Waals surface area (Å²) in [7, 11) is 2.98. The Morgan fingerprint density at radius 1 is 1.38 bits per heavy atom. The summed E-state index contributed by atoms with van der Waals surface area (Å²) in [5.74, 6) is 0.213. The van der Waals surface area contributed by atoms with Gasteiger partial charge in [-0.25, -0.2) is 0 Å². The lowest BCUT2D eigenvalue weighted by atomic mass is 10.3. The van der Waals surface area contributed by atoms with Crippen molar-refractivity contribution in [1.29, 1.82) is 0 Å². The van der Waals surface area contributed by atoms with Crippen LogP contribution in [0.3, 0.4) is 0 Å². The summed E-state index contributed by atoms with van der Waals surface area (Å²) in [5, 5.41) is 7.00. The Morgan fingerprint density at radius 2 is 1.88 bits per heavy atom. The Bertz CT molecular complexity index is 192. The van der Waals surface area contributed by atoms with Crippen molar-refractivity contribution in [2.24, 2.45) is 0 Å². The van der Waals surface area contributed by atoms with Gasteiger partial charge in [-0.1, -0.05) is 0 Å². The molecular formula is C11H24N2O3. The molecule has 1 N–H and O–H groups in total. The predicted molar refractivity (Wildman–Crippen MR) is 63.3 cm³/mol. The highest BCUT2D eigenvalue weighted by molar-refractivity contribution is 5.78. The van der Waals surface area contributed by atoms with Gasteiger partial charge in [0.1, 0.15) is 0 Å². The minimum Gasteiger partial charge on any atom is -0.400 e. The summed E-state index contributed by atoms with van der Waals surface area (Å²) in [6.45, 7) is 7.53. The number of likely N-dealkylation sites (N-methyl/N-ethyl adjacent to an activating group) is 1. The number of ether oxygens (including phenoxy) is 1. The van der Waals surface area contributed by atoms with Crippen molar-refractivity contribution >= 4 is 5.91 Å². The van der Waals surface area contributed by atoms with E-state index in [1.165, 1.54) is 0 Å². The van der Waals surface area contributed by atoms with Gasteiger partial charge in [-0.2, -0.15) is 0 Å². The van der Waals surface area contributed by atoms with Gasteiger partial charge in [-0.15, -0.1) is 0 Å². The van der Waals surface area contributed by atoms with Gasteiger partial charge >= 0.3 is 0 Å². The van der Waals surface area contributed by atoms with Gasteiger partial charge in [-0.3, -0.25) is 9.69 Å². The fraction of sp³-hybridized carbons (Fsp3) is 0.909. The molecule has 1 rings (SSSR count). The molecule has 0 radical (unpaired) electrons. The number of hydrogen-bond acceptors (Lipinski definition) is 4. The first-order valence-corrected chi connectivity index (χ1v) is 5.61. The maximum atomic E-state index is 11.7. The van der Waals surface area contributed by atoms with E-state index >= 15 is 0 Å². The normalized spacial score (nSPS) is 16.1. The number of rotatable bonds is 3. The van der Waals surface area contributed by atoms with Gasteiger partial charge in [0.05, 0.1) is 19.8 Å². The third-order valence-electron chi connectivity index (χ3n) is 2.63. The second-order valence-electron chi connectivity index (χ2n) is 4.00.